The number of aryl methyl sites for hydroxylation is 1. The van der Waals surface area contributed by atoms with Gasteiger partial charge in [-0.15, -0.1) is 0 Å². The van der Waals surface area contributed by atoms with Gasteiger partial charge in [0.25, 0.3) is 11.8 Å². The Balaban J connectivity index is 1.30. The number of nitrogens with zero attached hydrogens (tertiary/aromatic N) is 7. The summed E-state index contributed by atoms with van der Waals surface area (Å²) in [6, 6.07) is 19.8. The molecule has 1 aliphatic rings. The number of nitrogens with one attached hydrogen (secondary N) is 1. The molecule has 3 aromatic heterocycles. The van der Waals surface area contributed by atoms with E-state index in [0.717, 1.165) is 26.5 Å². The van der Waals surface area contributed by atoms with Crippen LogP contribution in [-0.2, 0) is 26.2 Å². The van der Waals surface area contributed by atoms with Gasteiger partial charge in [0, 0.05) is 58.7 Å². The van der Waals surface area contributed by atoms with Crippen LogP contribution in [0.3, 0.4) is 0 Å². The highest BCUT2D eigenvalue weighted by molar-refractivity contribution is 9.10. The Morgan fingerprint density at radius 3 is 2.60 bits per heavy atom. The van der Waals surface area contributed by atoms with Crippen molar-refractivity contribution in [2.75, 3.05) is 0 Å². The number of halogens is 1. The quantitative estimate of drug-likeness (QED) is 0.227. The van der Waals surface area contributed by atoms with Gasteiger partial charge in [-0.25, -0.2) is 14.8 Å². The number of aliphatic hydroxyl groups excluding tert-OH is 1. The molecule has 0 aliphatic carbocycles. The maximum atomic E-state index is 14.4. The van der Waals surface area contributed by atoms with Gasteiger partial charge in [0.15, 0.2) is 5.82 Å². The summed E-state index contributed by atoms with van der Waals surface area (Å²) in [4.78, 5) is 53.1. The molecule has 0 saturated carbocycles. The van der Waals surface area contributed by atoms with E-state index in [1.807, 2.05) is 56.3 Å². The van der Waals surface area contributed by atoms with Crippen molar-refractivity contribution in [2.24, 2.45) is 0 Å². The number of benzene rings is 3. The predicted molar refractivity (Wildman–Crippen MR) is 192 cm³/mol. The highest BCUT2D eigenvalue weighted by Gasteiger charge is 2.35. The molecule has 2 N–H and O–H groups in total. The van der Waals surface area contributed by atoms with Crippen LogP contribution in [-0.4, -0.2) is 62.8 Å². The Bertz CT molecular complexity index is 2310. The lowest BCUT2D eigenvalue weighted by molar-refractivity contribution is 0.0610. The van der Waals surface area contributed by atoms with Gasteiger partial charge in [0.2, 0.25) is 0 Å². The van der Waals surface area contributed by atoms with Gasteiger partial charge in [0.1, 0.15) is 5.69 Å². The van der Waals surface area contributed by atoms with Crippen LogP contribution < -0.4 is 11.0 Å². The van der Waals surface area contributed by atoms with E-state index in [0.29, 0.717) is 34.8 Å². The molecule has 0 saturated heterocycles. The van der Waals surface area contributed by atoms with Crippen LogP contribution in [0.15, 0.2) is 94.6 Å². The van der Waals surface area contributed by atoms with E-state index < -0.39 is 12.0 Å². The zero-order valence-corrected chi connectivity index (χ0v) is 29.3. The third kappa shape index (κ3) is 6.25. The predicted octanol–water partition coefficient (Wildman–Crippen LogP) is 4.87. The first-order valence-electron chi connectivity index (χ1n) is 16.3. The molecule has 0 fully saturated rings. The molecule has 7 rings (SSSR count). The minimum Gasteiger partial charge on any atom is -0.391 e. The molecule has 50 heavy (non-hydrogen) atoms. The maximum Gasteiger partial charge on any atom is 0.333 e. The molecular formula is C37H35BrN8O4. The van der Waals surface area contributed by atoms with Crippen molar-refractivity contribution in [1.29, 1.82) is 0 Å². The van der Waals surface area contributed by atoms with E-state index in [2.05, 4.69) is 36.3 Å². The zero-order valence-electron chi connectivity index (χ0n) is 27.7. The molecule has 3 aromatic carbocycles. The summed E-state index contributed by atoms with van der Waals surface area (Å²) in [6.07, 6.45) is 4.54. The van der Waals surface area contributed by atoms with E-state index in [1.165, 1.54) is 4.57 Å². The summed E-state index contributed by atoms with van der Waals surface area (Å²) >= 11 is 3.51. The number of fused-ring (bicyclic) bond motifs is 2. The zero-order chi connectivity index (χ0) is 35.1. The minimum absolute atomic E-state index is 0.0586. The first kappa shape index (κ1) is 33.1. The van der Waals surface area contributed by atoms with Crippen LogP contribution in [0.1, 0.15) is 51.5 Å². The van der Waals surface area contributed by atoms with Crippen molar-refractivity contribution in [3.63, 3.8) is 0 Å². The van der Waals surface area contributed by atoms with Crippen molar-refractivity contribution in [3.8, 4) is 17.1 Å². The largest absolute Gasteiger partial charge is 0.391 e. The van der Waals surface area contributed by atoms with E-state index in [9.17, 15) is 19.5 Å². The molecule has 13 heteroatoms. The summed E-state index contributed by atoms with van der Waals surface area (Å²) in [5, 5.41) is 18.2. The molecule has 1 unspecified atom stereocenters. The highest BCUT2D eigenvalue weighted by atomic mass is 79.9. The van der Waals surface area contributed by atoms with Gasteiger partial charge < -0.3 is 15.3 Å². The third-order valence-electron chi connectivity index (χ3n) is 8.93. The Morgan fingerprint density at radius 1 is 1.06 bits per heavy atom. The Labute approximate surface area is 296 Å². The van der Waals surface area contributed by atoms with Crippen LogP contribution in [0.4, 0.5) is 0 Å². The van der Waals surface area contributed by atoms with Crippen LogP contribution in [0.2, 0.25) is 0 Å². The SMILES string of the molecule is Cc1cc(C(=O)N2Cc3c(C(=O)NCc4ccccc4-c4ncccn4)n(-c4ccc5nn(C[C@H](C)O)cc5c4)c(=O)n3CC2C)ccc1Br. The van der Waals surface area contributed by atoms with Crippen LogP contribution in [0, 0.1) is 6.92 Å². The molecule has 4 heterocycles. The second-order valence-electron chi connectivity index (χ2n) is 12.6. The fraction of sp³-hybridized carbons (Fsp3) is 0.243. The van der Waals surface area contributed by atoms with Crippen molar-refractivity contribution >= 4 is 38.6 Å². The first-order chi connectivity index (χ1) is 24.1. The average molecular weight is 736 g/mol. The lowest BCUT2D eigenvalue weighted by atomic mass is 10.1. The third-order valence-corrected chi connectivity index (χ3v) is 9.82. The molecule has 2 amide bonds. The number of hydrogen-bond donors (Lipinski definition) is 2. The number of aromatic nitrogens is 6. The normalized spacial score (nSPS) is 14.8. The summed E-state index contributed by atoms with van der Waals surface area (Å²) in [5.41, 5.74) is 4.42. The van der Waals surface area contributed by atoms with Gasteiger partial charge in [-0.2, -0.15) is 5.10 Å². The van der Waals surface area contributed by atoms with Crippen LogP contribution in [0.25, 0.3) is 28.0 Å². The number of rotatable bonds is 8. The van der Waals surface area contributed by atoms with Crippen LogP contribution in [0.5, 0.6) is 0 Å². The Kier molecular flexibility index (Phi) is 8.93. The smallest absolute Gasteiger partial charge is 0.333 e. The molecular weight excluding hydrogens is 700 g/mol. The van der Waals surface area contributed by atoms with Crippen LogP contribution >= 0.6 is 15.9 Å². The van der Waals surface area contributed by atoms with E-state index in [4.69, 9.17) is 0 Å². The number of aliphatic hydroxyl groups is 1. The molecule has 0 radical (unpaired) electrons. The second kappa shape index (κ2) is 13.5. The van der Waals surface area contributed by atoms with Crippen molar-refractivity contribution < 1.29 is 14.7 Å². The van der Waals surface area contributed by atoms with Crippen molar-refractivity contribution in [1.82, 2.24) is 39.1 Å². The average Bonchev–Trinajstić information content (AvgIpc) is 3.64. The van der Waals surface area contributed by atoms with E-state index in [1.54, 1.807) is 63.9 Å². The summed E-state index contributed by atoms with van der Waals surface area (Å²) < 4.78 is 5.58. The van der Waals surface area contributed by atoms with E-state index >= 15 is 0 Å². The molecule has 1 aliphatic heterocycles. The molecule has 254 valence electrons. The molecule has 0 bridgehead atoms. The molecule has 6 aromatic rings. The minimum atomic E-state index is -0.590. The molecule has 0 spiro atoms. The second-order valence-corrected chi connectivity index (χ2v) is 13.5. The fourth-order valence-corrected chi connectivity index (χ4v) is 6.71. The fourth-order valence-electron chi connectivity index (χ4n) is 6.46. The first-order valence-corrected chi connectivity index (χ1v) is 17.1. The maximum absolute atomic E-state index is 14.4. The van der Waals surface area contributed by atoms with E-state index in [-0.39, 0.29) is 43.0 Å². The molecule has 2 atom stereocenters. The van der Waals surface area contributed by atoms with Gasteiger partial charge in [-0.1, -0.05) is 40.2 Å². The highest BCUT2D eigenvalue weighted by Crippen LogP contribution is 2.27. The van der Waals surface area contributed by atoms with Gasteiger partial charge >= 0.3 is 5.69 Å². The topological polar surface area (TPSA) is 140 Å². The number of carbonyl (C=O) groups is 2. The van der Waals surface area contributed by atoms with Gasteiger partial charge in [-0.05, 0) is 74.4 Å². The number of amides is 2. The molecule has 12 nitrogen and oxygen atoms in total. The summed E-state index contributed by atoms with van der Waals surface area (Å²) in [6.45, 7) is 6.25. The Morgan fingerprint density at radius 2 is 1.84 bits per heavy atom. The number of imidazole rings is 1. The number of hydrogen-bond acceptors (Lipinski definition) is 7. The lowest BCUT2D eigenvalue weighted by Crippen LogP contribution is -2.47. The summed E-state index contributed by atoms with van der Waals surface area (Å²) in [5.74, 6) is -0.119. The summed E-state index contributed by atoms with van der Waals surface area (Å²) in [7, 11) is 0. The van der Waals surface area contributed by atoms with Gasteiger partial charge in [-0.3, -0.25) is 23.4 Å². The van der Waals surface area contributed by atoms with Gasteiger partial charge in [0.05, 0.1) is 36.1 Å². The van der Waals surface area contributed by atoms with Crippen molar-refractivity contribution in [2.45, 2.75) is 59.1 Å². The van der Waals surface area contributed by atoms with Crippen molar-refractivity contribution in [3.05, 3.63) is 128 Å². The monoisotopic (exact) mass is 734 g/mol. The number of carbonyl (C=O) groups excluding carboxylic acids is 2. The lowest BCUT2D eigenvalue weighted by Gasteiger charge is -2.34. The standard InChI is InChI=1S/C37H35BrN8O4/c1-22-15-25(9-11-30(22)38)36(49)44-21-32-33(35(48)41-17-26-7-4-5-8-29(26)34-39-13-6-14-40-34)46(37(50)45(32)18-23(44)2)28-10-12-31-27(16-28)20-43(42-31)19-24(3)47/h4-16,20,23-24,47H,17-19,21H2,1-3H3,(H,41,48)/t23?,24-/m0/s1. The Hall–Kier alpha value is -5.40.